The Morgan fingerprint density at radius 2 is 1.97 bits per heavy atom. The lowest BCUT2D eigenvalue weighted by molar-refractivity contribution is 0.164. The number of pyridine rings is 2. The number of hydrogen-bond donors (Lipinski definition) is 1. The van der Waals surface area contributed by atoms with Crippen LogP contribution in [0.3, 0.4) is 0 Å². The molecule has 0 unspecified atom stereocenters. The van der Waals surface area contributed by atoms with Gasteiger partial charge >= 0.3 is 0 Å². The summed E-state index contributed by atoms with van der Waals surface area (Å²) in [7, 11) is 3.30. The van der Waals surface area contributed by atoms with Gasteiger partial charge in [-0.1, -0.05) is 19.0 Å². The van der Waals surface area contributed by atoms with Crippen LogP contribution in [0.25, 0.3) is 22.3 Å². The number of oxime groups is 1. The highest BCUT2D eigenvalue weighted by molar-refractivity contribution is 5.98. The quantitative estimate of drug-likeness (QED) is 0.360. The zero-order chi connectivity index (χ0) is 21.1. The summed E-state index contributed by atoms with van der Waals surface area (Å²) in [4.78, 5) is 9.58. The maximum Gasteiger partial charge on any atom is 0.222 e. The molecule has 0 saturated heterocycles. The third-order valence-electron chi connectivity index (χ3n) is 5.02. The van der Waals surface area contributed by atoms with Crippen LogP contribution < -0.4 is 4.74 Å². The highest BCUT2D eigenvalue weighted by Gasteiger charge is 2.19. The van der Waals surface area contributed by atoms with E-state index in [1.165, 1.54) is 6.21 Å². The Kier molecular flexibility index (Phi) is 6.17. The molecule has 0 amide bonds. The summed E-state index contributed by atoms with van der Waals surface area (Å²) in [6.45, 7) is 8.86. The molecule has 0 spiro atoms. The van der Waals surface area contributed by atoms with Gasteiger partial charge in [-0.3, -0.25) is 0 Å². The second-order valence-electron chi connectivity index (χ2n) is 7.51. The minimum Gasteiger partial charge on any atom is -0.480 e. The molecule has 1 atom stereocenters. The molecule has 0 aliphatic rings. The normalized spacial score (nSPS) is 12.9. The first-order chi connectivity index (χ1) is 13.9. The fourth-order valence-electron chi connectivity index (χ4n) is 3.52. The average Bonchev–Trinajstić information content (AvgIpc) is 3.04. The van der Waals surface area contributed by atoms with Crippen molar-refractivity contribution < 1.29 is 14.7 Å². The average molecular weight is 396 g/mol. The van der Waals surface area contributed by atoms with Crippen LogP contribution >= 0.6 is 0 Å². The Labute approximate surface area is 171 Å². The second kappa shape index (κ2) is 8.61. The van der Waals surface area contributed by atoms with Gasteiger partial charge in [0.1, 0.15) is 0 Å². The highest BCUT2D eigenvalue weighted by atomic mass is 16.5. The van der Waals surface area contributed by atoms with E-state index in [1.54, 1.807) is 14.2 Å². The van der Waals surface area contributed by atoms with Gasteiger partial charge in [0.15, 0.2) is 0 Å². The van der Waals surface area contributed by atoms with E-state index in [0.717, 1.165) is 39.1 Å². The molecular weight excluding hydrogens is 368 g/mol. The van der Waals surface area contributed by atoms with Crippen molar-refractivity contribution in [3.05, 3.63) is 41.2 Å². The number of aryl methyl sites for hydroxylation is 1. The monoisotopic (exact) mass is 396 g/mol. The molecule has 3 heterocycles. The van der Waals surface area contributed by atoms with E-state index in [1.807, 2.05) is 25.3 Å². The standard InChI is InChI=1S/C22H28N4O3/c1-13(2)18-8-7-17(22(24-18)29-6)20-14(3)9-19-21(25-20)16(10-23-27)11-26(19)15(4)12-28-5/h7-11,13,15,27H,12H2,1-6H3/t15-/m0/s1. The van der Waals surface area contributed by atoms with Crippen molar-refractivity contribution in [2.45, 2.75) is 39.7 Å². The van der Waals surface area contributed by atoms with E-state index in [-0.39, 0.29) is 6.04 Å². The number of methoxy groups -OCH3 is 2. The summed E-state index contributed by atoms with van der Waals surface area (Å²) < 4.78 is 13.0. The Morgan fingerprint density at radius 3 is 2.59 bits per heavy atom. The predicted octanol–water partition coefficient (Wildman–Crippen LogP) is 4.55. The first-order valence-corrected chi connectivity index (χ1v) is 9.65. The summed E-state index contributed by atoms with van der Waals surface area (Å²) in [6, 6.07) is 6.22. The second-order valence-corrected chi connectivity index (χ2v) is 7.51. The first-order valence-electron chi connectivity index (χ1n) is 9.65. The summed E-state index contributed by atoms with van der Waals surface area (Å²) in [6.07, 6.45) is 3.34. The van der Waals surface area contributed by atoms with Gasteiger partial charge in [0, 0.05) is 24.6 Å². The number of ether oxygens (including phenoxy) is 2. The van der Waals surface area contributed by atoms with Crippen molar-refractivity contribution in [2.24, 2.45) is 5.16 Å². The Balaban J connectivity index is 2.23. The number of aromatic nitrogens is 3. The van der Waals surface area contributed by atoms with Crippen LogP contribution in [0.4, 0.5) is 0 Å². The van der Waals surface area contributed by atoms with Crippen molar-refractivity contribution in [3.63, 3.8) is 0 Å². The summed E-state index contributed by atoms with van der Waals surface area (Å²) in [5.41, 5.74) is 6.04. The van der Waals surface area contributed by atoms with Crippen LogP contribution in [0.1, 0.15) is 49.6 Å². The lowest BCUT2D eigenvalue weighted by atomic mass is 10.0. The topological polar surface area (TPSA) is 81.8 Å². The fraction of sp³-hybridized carbons (Fsp3) is 0.409. The van der Waals surface area contributed by atoms with E-state index >= 15 is 0 Å². The molecule has 154 valence electrons. The van der Waals surface area contributed by atoms with Gasteiger partial charge in [-0.05, 0) is 43.5 Å². The molecule has 0 saturated carbocycles. The van der Waals surface area contributed by atoms with Crippen molar-refractivity contribution in [2.75, 3.05) is 20.8 Å². The molecule has 3 rings (SSSR count). The van der Waals surface area contributed by atoms with Crippen LogP contribution in [0, 0.1) is 6.92 Å². The largest absolute Gasteiger partial charge is 0.480 e. The molecule has 0 fully saturated rings. The summed E-state index contributed by atoms with van der Waals surface area (Å²) in [5.74, 6) is 0.855. The van der Waals surface area contributed by atoms with Gasteiger partial charge in [0.2, 0.25) is 5.88 Å². The molecule has 3 aromatic heterocycles. The zero-order valence-corrected chi connectivity index (χ0v) is 17.8. The molecule has 1 N–H and O–H groups in total. The zero-order valence-electron chi connectivity index (χ0n) is 17.8. The molecule has 29 heavy (non-hydrogen) atoms. The van der Waals surface area contributed by atoms with Crippen LogP contribution in [0.15, 0.2) is 29.6 Å². The lowest BCUT2D eigenvalue weighted by Gasteiger charge is -2.16. The minimum absolute atomic E-state index is 0.108. The maximum absolute atomic E-state index is 9.11. The summed E-state index contributed by atoms with van der Waals surface area (Å²) >= 11 is 0. The van der Waals surface area contributed by atoms with Crippen LogP contribution in [-0.2, 0) is 4.74 Å². The van der Waals surface area contributed by atoms with E-state index in [9.17, 15) is 0 Å². The van der Waals surface area contributed by atoms with E-state index in [4.69, 9.17) is 19.7 Å². The predicted molar refractivity (Wildman–Crippen MR) is 114 cm³/mol. The smallest absolute Gasteiger partial charge is 0.222 e. The molecule has 0 bridgehead atoms. The highest BCUT2D eigenvalue weighted by Crippen LogP contribution is 2.34. The van der Waals surface area contributed by atoms with Gasteiger partial charge in [-0.15, -0.1) is 0 Å². The van der Waals surface area contributed by atoms with Gasteiger partial charge < -0.3 is 19.2 Å². The molecule has 7 nitrogen and oxygen atoms in total. The maximum atomic E-state index is 9.11. The molecule has 0 aliphatic carbocycles. The van der Waals surface area contributed by atoms with Crippen LogP contribution in [0.5, 0.6) is 5.88 Å². The van der Waals surface area contributed by atoms with Crippen molar-refractivity contribution in [1.82, 2.24) is 14.5 Å². The van der Waals surface area contributed by atoms with E-state index < -0.39 is 0 Å². The third-order valence-corrected chi connectivity index (χ3v) is 5.02. The van der Waals surface area contributed by atoms with Crippen LogP contribution in [-0.4, -0.2) is 46.8 Å². The van der Waals surface area contributed by atoms with Crippen molar-refractivity contribution in [3.8, 4) is 17.1 Å². The molecule has 0 aromatic carbocycles. The van der Waals surface area contributed by atoms with Crippen molar-refractivity contribution >= 4 is 17.2 Å². The van der Waals surface area contributed by atoms with Gasteiger partial charge in [-0.25, -0.2) is 9.97 Å². The minimum atomic E-state index is 0.108. The fourth-order valence-corrected chi connectivity index (χ4v) is 3.52. The van der Waals surface area contributed by atoms with Gasteiger partial charge in [0.05, 0.1) is 48.3 Å². The molecule has 0 aliphatic heterocycles. The SMILES string of the molecule is COC[C@H](C)n1cc(C=NO)c2nc(-c3ccc(C(C)C)nc3OC)c(C)cc21. The molecule has 0 radical (unpaired) electrons. The van der Waals surface area contributed by atoms with Crippen LogP contribution in [0.2, 0.25) is 0 Å². The first kappa shape index (κ1) is 20.8. The number of hydrogen-bond acceptors (Lipinski definition) is 6. The Hall–Kier alpha value is -2.93. The Bertz CT molecular complexity index is 1040. The van der Waals surface area contributed by atoms with Gasteiger partial charge in [0.25, 0.3) is 0 Å². The lowest BCUT2D eigenvalue weighted by Crippen LogP contribution is -2.10. The van der Waals surface area contributed by atoms with Crippen molar-refractivity contribution in [1.29, 1.82) is 0 Å². The third kappa shape index (κ3) is 3.96. The number of rotatable bonds is 7. The molecular formula is C22H28N4O3. The van der Waals surface area contributed by atoms with E-state index in [2.05, 4.69) is 41.5 Å². The summed E-state index contributed by atoms with van der Waals surface area (Å²) in [5, 5.41) is 12.3. The number of nitrogens with zero attached hydrogens (tertiary/aromatic N) is 4. The number of fused-ring (bicyclic) bond motifs is 1. The molecule has 3 aromatic rings. The van der Waals surface area contributed by atoms with Gasteiger partial charge in [-0.2, -0.15) is 0 Å². The molecule has 7 heteroatoms. The van der Waals surface area contributed by atoms with E-state index in [0.29, 0.717) is 18.4 Å². The Morgan fingerprint density at radius 1 is 1.21 bits per heavy atom.